The minimum absolute atomic E-state index is 0.0858. The van der Waals surface area contributed by atoms with Crippen molar-refractivity contribution in [1.29, 1.82) is 5.26 Å². The third-order valence-electron chi connectivity index (χ3n) is 3.20. The third-order valence-corrected chi connectivity index (χ3v) is 3.20. The molecule has 6 nitrogen and oxygen atoms in total. The first-order chi connectivity index (χ1) is 11.7. The first-order valence-corrected chi connectivity index (χ1v) is 7.16. The van der Waals surface area contributed by atoms with Gasteiger partial charge in [0.15, 0.2) is 18.1 Å². The Morgan fingerprint density at radius 1 is 1.04 bits per heavy atom. The van der Waals surface area contributed by atoms with E-state index in [0.29, 0.717) is 22.8 Å². The van der Waals surface area contributed by atoms with Gasteiger partial charge in [-0.05, 0) is 29.8 Å². The molecule has 0 bridgehead atoms. The lowest BCUT2D eigenvalue weighted by molar-refractivity contribution is -0.147. The Hall–Kier alpha value is -3.20. The Bertz CT molecular complexity index is 751. The zero-order chi connectivity index (χ0) is 17.4. The predicted octanol–water partition coefficient (Wildman–Crippen LogP) is 2.70. The van der Waals surface area contributed by atoms with Gasteiger partial charge >= 0.3 is 5.97 Å². The highest BCUT2D eigenvalue weighted by atomic mass is 16.6. The number of methoxy groups -OCH3 is 2. The van der Waals surface area contributed by atoms with E-state index in [1.54, 1.807) is 49.6 Å². The van der Waals surface area contributed by atoms with Crippen LogP contribution >= 0.6 is 0 Å². The molecule has 0 amide bonds. The zero-order valence-electron chi connectivity index (χ0n) is 13.4. The largest absolute Gasteiger partial charge is 0.493 e. The second kappa shape index (κ2) is 8.44. The van der Waals surface area contributed by atoms with Gasteiger partial charge in [0.1, 0.15) is 18.4 Å². The van der Waals surface area contributed by atoms with Crippen molar-refractivity contribution in [3.63, 3.8) is 0 Å². The van der Waals surface area contributed by atoms with Crippen LogP contribution in [0, 0.1) is 11.3 Å². The topological polar surface area (TPSA) is 77.8 Å². The van der Waals surface area contributed by atoms with Crippen molar-refractivity contribution >= 4 is 5.97 Å². The van der Waals surface area contributed by atoms with Gasteiger partial charge in [-0.1, -0.05) is 18.2 Å². The van der Waals surface area contributed by atoms with Crippen LogP contribution in [-0.2, 0) is 16.1 Å². The van der Waals surface area contributed by atoms with Crippen molar-refractivity contribution in [2.75, 3.05) is 20.8 Å². The Morgan fingerprint density at radius 3 is 2.50 bits per heavy atom. The summed E-state index contributed by atoms with van der Waals surface area (Å²) in [5, 5.41) is 8.96. The Morgan fingerprint density at radius 2 is 1.79 bits per heavy atom. The predicted molar refractivity (Wildman–Crippen MR) is 86.0 cm³/mol. The van der Waals surface area contributed by atoms with Crippen LogP contribution in [0.2, 0.25) is 0 Å². The van der Waals surface area contributed by atoms with E-state index in [1.807, 2.05) is 6.07 Å². The van der Waals surface area contributed by atoms with Gasteiger partial charge in [0.2, 0.25) is 0 Å². The van der Waals surface area contributed by atoms with Gasteiger partial charge in [-0.25, -0.2) is 4.79 Å². The van der Waals surface area contributed by atoms with Crippen molar-refractivity contribution < 1.29 is 23.7 Å². The van der Waals surface area contributed by atoms with E-state index < -0.39 is 5.97 Å². The van der Waals surface area contributed by atoms with Gasteiger partial charge in [0.05, 0.1) is 19.8 Å². The normalized spacial score (nSPS) is 9.71. The number of nitriles is 1. The molecule has 2 aromatic rings. The molecule has 0 saturated carbocycles. The van der Waals surface area contributed by atoms with Crippen molar-refractivity contribution in [2.24, 2.45) is 0 Å². The molecule has 0 aliphatic rings. The van der Waals surface area contributed by atoms with E-state index in [9.17, 15) is 4.79 Å². The number of carbonyl (C=O) groups is 1. The van der Waals surface area contributed by atoms with Crippen LogP contribution in [0.25, 0.3) is 0 Å². The smallest absolute Gasteiger partial charge is 0.344 e. The van der Waals surface area contributed by atoms with E-state index in [1.165, 1.54) is 7.11 Å². The molecule has 0 heterocycles. The van der Waals surface area contributed by atoms with Gasteiger partial charge < -0.3 is 18.9 Å². The molecule has 0 radical (unpaired) electrons. The molecule has 0 aliphatic carbocycles. The second-order valence-corrected chi connectivity index (χ2v) is 4.75. The van der Waals surface area contributed by atoms with E-state index in [0.717, 1.165) is 5.56 Å². The summed E-state index contributed by atoms with van der Waals surface area (Å²) >= 11 is 0. The molecule has 6 heteroatoms. The van der Waals surface area contributed by atoms with E-state index >= 15 is 0 Å². The van der Waals surface area contributed by atoms with E-state index in [2.05, 4.69) is 0 Å². The number of nitrogens with zero attached hydrogens (tertiary/aromatic N) is 1. The van der Waals surface area contributed by atoms with Crippen LogP contribution in [-0.4, -0.2) is 26.8 Å². The van der Waals surface area contributed by atoms with Gasteiger partial charge in [0, 0.05) is 0 Å². The minimum Gasteiger partial charge on any atom is -0.493 e. The lowest BCUT2D eigenvalue weighted by Crippen LogP contribution is -2.15. The number of rotatable bonds is 7. The molecular formula is C18H17NO5. The summed E-state index contributed by atoms with van der Waals surface area (Å²) in [6.07, 6.45) is 0. The van der Waals surface area contributed by atoms with Crippen molar-refractivity contribution in [2.45, 2.75) is 6.61 Å². The number of esters is 1. The fourth-order valence-corrected chi connectivity index (χ4v) is 2.00. The second-order valence-electron chi connectivity index (χ2n) is 4.75. The number of benzene rings is 2. The Kier molecular flexibility index (Phi) is 6.03. The zero-order valence-corrected chi connectivity index (χ0v) is 13.4. The molecule has 0 N–H and O–H groups in total. The molecule has 0 atom stereocenters. The summed E-state index contributed by atoms with van der Waals surface area (Å²) in [4.78, 5) is 11.8. The fourth-order valence-electron chi connectivity index (χ4n) is 2.00. The maximum absolute atomic E-state index is 11.8. The van der Waals surface area contributed by atoms with Gasteiger partial charge in [-0.15, -0.1) is 0 Å². The molecule has 0 spiro atoms. The standard InChI is InChI=1S/C18H17NO5/c1-21-16-8-7-13(9-17(16)22-2)11-24-18(20)12-23-15-6-4-3-5-14(15)10-19/h3-9H,11-12H2,1-2H3. The molecule has 2 rings (SSSR count). The van der Waals surface area contributed by atoms with Crippen molar-refractivity contribution in [3.05, 3.63) is 53.6 Å². The molecule has 0 unspecified atom stereocenters. The van der Waals surface area contributed by atoms with Gasteiger partial charge in [0.25, 0.3) is 0 Å². The lowest BCUT2D eigenvalue weighted by Gasteiger charge is -2.10. The molecule has 2 aromatic carbocycles. The summed E-state index contributed by atoms with van der Waals surface area (Å²) in [5.41, 5.74) is 1.13. The fraction of sp³-hybridized carbons (Fsp3) is 0.222. The summed E-state index contributed by atoms with van der Waals surface area (Å²) in [7, 11) is 3.09. The number of para-hydroxylation sites is 1. The molecule has 0 aliphatic heterocycles. The van der Waals surface area contributed by atoms with Gasteiger partial charge in [-0.3, -0.25) is 0 Å². The number of carbonyl (C=O) groups excluding carboxylic acids is 1. The SMILES string of the molecule is COc1ccc(COC(=O)COc2ccccc2C#N)cc1OC. The molecule has 0 saturated heterocycles. The number of hydrogen-bond donors (Lipinski definition) is 0. The lowest BCUT2D eigenvalue weighted by atomic mass is 10.2. The summed E-state index contributed by atoms with van der Waals surface area (Å²) in [6.45, 7) is -0.186. The minimum atomic E-state index is -0.530. The summed E-state index contributed by atoms with van der Waals surface area (Å²) in [6, 6.07) is 13.9. The average Bonchev–Trinajstić information content (AvgIpc) is 2.64. The molecule has 24 heavy (non-hydrogen) atoms. The molecule has 0 aromatic heterocycles. The number of ether oxygens (including phenoxy) is 4. The Balaban J connectivity index is 1.88. The van der Waals surface area contributed by atoms with Crippen LogP contribution in [0.3, 0.4) is 0 Å². The summed E-state index contributed by atoms with van der Waals surface area (Å²) < 4.78 is 20.8. The maximum atomic E-state index is 11.8. The quantitative estimate of drug-likeness (QED) is 0.728. The first-order valence-electron chi connectivity index (χ1n) is 7.16. The van der Waals surface area contributed by atoms with Crippen LogP contribution in [0.1, 0.15) is 11.1 Å². The highest BCUT2D eigenvalue weighted by molar-refractivity contribution is 5.71. The third kappa shape index (κ3) is 4.40. The average molecular weight is 327 g/mol. The highest BCUT2D eigenvalue weighted by Crippen LogP contribution is 2.27. The van der Waals surface area contributed by atoms with Crippen LogP contribution in [0.5, 0.6) is 17.2 Å². The van der Waals surface area contributed by atoms with Crippen molar-refractivity contribution in [3.8, 4) is 23.3 Å². The van der Waals surface area contributed by atoms with E-state index in [4.69, 9.17) is 24.2 Å². The van der Waals surface area contributed by atoms with E-state index in [-0.39, 0.29) is 13.2 Å². The van der Waals surface area contributed by atoms with Crippen molar-refractivity contribution in [1.82, 2.24) is 0 Å². The van der Waals surface area contributed by atoms with Gasteiger partial charge in [-0.2, -0.15) is 5.26 Å². The van der Waals surface area contributed by atoms with Crippen LogP contribution < -0.4 is 14.2 Å². The first kappa shape index (κ1) is 17.2. The van der Waals surface area contributed by atoms with Crippen LogP contribution in [0.4, 0.5) is 0 Å². The monoisotopic (exact) mass is 327 g/mol. The maximum Gasteiger partial charge on any atom is 0.344 e. The number of hydrogen-bond acceptors (Lipinski definition) is 6. The molecular weight excluding hydrogens is 310 g/mol. The molecule has 124 valence electrons. The molecule has 0 fully saturated rings. The summed E-state index contributed by atoms with van der Waals surface area (Å²) in [5.74, 6) is 0.981. The Labute approximate surface area is 140 Å². The van der Waals surface area contributed by atoms with Crippen LogP contribution in [0.15, 0.2) is 42.5 Å². The highest BCUT2D eigenvalue weighted by Gasteiger charge is 2.09.